The summed E-state index contributed by atoms with van der Waals surface area (Å²) in [7, 11) is 0. The second kappa shape index (κ2) is 6.51. The molecule has 0 radical (unpaired) electrons. The van der Waals surface area contributed by atoms with Crippen LogP contribution in [0.1, 0.15) is 10.4 Å². The third-order valence-electron chi connectivity index (χ3n) is 2.41. The highest BCUT2D eigenvalue weighted by molar-refractivity contribution is 6.04. The summed E-state index contributed by atoms with van der Waals surface area (Å²) >= 11 is 0. The van der Waals surface area contributed by atoms with Gasteiger partial charge < -0.3 is 15.2 Å². The first-order valence-corrected chi connectivity index (χ1v) is 5.84. The molecule has 0 fully saturated rings. The van der Waals surface area contributed by atoms with E-state index in [2.05, 4.69) is 10.3 Å². The van der Waals surface area contributed by atoms with Crippen molar-refractivity contribution < 1.29 is 14.6 Å². The first-order chi connectivity index (χ1) is 9.29. The Bertz CT molecular complexity index is 526. The molecule has 5 heteroatoms. The van der Waals surface area contributed by atoms with E-state index in [4.69, 9.17) is 9.84 Å². The molecule has 0 unspecified atom stereocenters. The van der Waals surface area contributed by atoms with Gasteiger partial charge in [0.25, 0.3) is 5.91 Å². The van der Waals surface area contributed by atoms with Gasteiger partial charge in [-0.1, -0.05) is 0 Å². The number of hydrogen-bond donors (Lipinski definition) is 2. The number of carbonyl (C=O) groups excluding carboxylic acids is 1. The third kappa shape index (κ3) is 3.79. The van der Waals surface area contributed by atoms with Gasteiger partial charge in [-0.25, -0.2) is 0 Å². The van der Waals surface area contributed by atoms with E-state index in [1.54, 1.807) is 48.8 Å². The quantitative estimate of drug-likeness (QED) is 0.856. The van der Waals surface area contributed by atoms with Crippen molar-refractivity contribution in [2.75, 3.05) is 18.5 Å². The molecular formula is C14H14N2O3. The summed E-state index contributed by atoms with van der Waals surface area (Å²) in [6.07, 6.45) is 3.14. The number of aliphatic hydroxyl groups is 1. The Morgan fingerprint density at radius 2 is 1.84 bits per heavy atom. The number of benzene rings is 1. The molecule has 0 aliphatic rings. The van der Waals surface area contributed by atoms with E-state index >= 15 is 0 Å². The minimum absolute atomic E-state index is 0.0273. The van der Waals surface area contributed by atoms with Crippen LogP contribution in [-0.4, -0.2) is 29.2 Å². The lowest BCUT2D eigenvalue weighted by molar-refractivity contribution is 0.102. The van der Waals surface area contributed by atoms with Crippen molar-refractivity contribution in [2.45, 2.75) is 0 Å². The number of rotatable bonds is 5. The molecular weight excluding hydrogens is 244 g/mol. The van der Waals surface area contributed by atoms with Gasteiger partial charge in [-0.15, -0.1) is 0 Å². The predicted molar refractivity (Wildman–Crippen MR) is 71.2 cm³/mol. The second-order valence-corrected chi connectivity index (χ2v) is 3.79. The van der Waals surface area contributed by atoms with Crippen molar-refractivity contribution >= 4 is 11.6 Å². The van der Waals surface area contributed by atoms with Gasteiger partial charge in [0, 0.05) is 23.6 Å². The molecule has 0 saturated carbocycles. The lowest BCUT2D eigenvalue weighted by atomic mass is 10.2. The Balaban J connectivity index is 1.98. The number of nitrogens with one attached hydrogen (secondary N) is 1. The monoisotopic (exact) mass is 258 g/mol. The zero-order valence-corrected chi connectivity index (χ0v) is 10.2. The van der Waals surface area contributed by atoms with Gasteiger partial charge in [-0.3, -0.25) is 9.78 Å². The van der Waals surface area contributed by atoms with Gasteiger partial charge in [0.15, 0.2) is 0 Å². The summed E-state index contributed by atoms with van der Waals surface area (Å²) in [6.45, 7) is 0.225. The Morgan fingerprint density at radius 1 is 1.16 bits per heavy atom. The molecule has 98 valence electrons. The number of aliphatic hydroxyl groups excluding tert-OH is 1. The average Bonchev–Trinajstić information content (AvgIpc) is 2.47. The normalized spacial score (nSPS) is 9.95. The SMILES string of the molecule is O=C(Nc1ccc(OCCO)cc1)c1ccncc1. The largest absolute Gasteiger partial charge is 0.491 e. The summed E-state index contributed by atoms with van der Waals surface area (Å²) < 4.78 is 5.23. The number of amides is 1. The molecule has 0 spiro atoms. The number of anilines is 1. The van der Waals surface area contributed by atoms with Crippen LogP contribution in [0.25, 0.3) is 0 Å². The maximum atomic E-state index is 11.9. The van der Waals surface area contributed by atoms with Crippen molar-refractivity contribution in [3.05, 3.63) is 54.4 Å². The zero-order chi connectivity index (χ0) is 13.5. The molecule has 19 heavy (non-hydrogen) atoms. The van der Waals surface area contributed by atoms with Gasteiger partial charge in [-0.2, -0.15) is 0 Å². The maximum absolute atomic E-state index is 11.9. The number of aromatic nitrogens is 1. The lowest BCUT2D eigenvalue weighted by Crippen LogP contribution is -2.11. The first kappa shape index (κ1) is 13.0. The van der Waals surface area contributed by atoms with Crippen molar-refractivity contribution in [3.63, 3.8) is 0 Å². The summed E-state index contributed by atoms with van der Waals surface area (Å²) in [5.74, 6) is 0.461. The molecule has 1 aromatic carbocycles. The molecule has 5 nitrogen and oxygen atoms in total. The van der Waals surface area contributed by atoms with E-state index in [9.17, 15) is 4.79 Å². The Kier molecular flexibility index (Phi) is 4.47. The zero-order valence-electron chi connectivity index (χ0n) is 10.2. The smallest absolute Gasteiger partial charge is 0.255 e. The highest BCUT2D eigenvalue weighted by atomic mass is 16.5. The predicted octanol–water partition coefficient (Wildman–Crippen LogP) is 1.70. The maximum Gasteiger partial charge on any atom is 0.255 e. The molecule has 0 bridgehead atoms. The number of hydrogen-bond acceptors (Lipinski definition) is 4. The molecule has 0 atom stereocenters. The molecule has 1 heterocycles. The lowest BCUT2D eigenvalue weighted by Gasteiger charge is -2.07. The van der Waals surface area contributed by atoms with E-state index in [0.29, 0.717) is 17.0 Å². The van der Waals surface area contributed by atoms with Gasteiger partial charge >= 0.3 is 0 Å². The summed E-state index contributed by atoms with van der Waals surface area (Å²) in [4.78, 5) is 15.7. The van der Waals surface area contributed by atoms with Crippen molar-refractivity contribution in [1.82, 2.24) is 4.98 Å². The van der Waals surface area contributed by atoms with Gasteiger partial charge in [0.05, 0.1) is 6.61 Å². The number of nitrogens with zero attached hydrogens (tertiary/aromatic N) is 1. The van der Waals surface area contributed by atoms with Crippen LogP contribution in [0.3, 0.4) is 0 Å². The van der Waals surface area contributed by atoms with E-state index in [-0.39, 0.29) is 19.1 Å². The standard InChI is InChI=1S/C14H14N2O3/c17-9-10-19-13-3-1-12(2-4-13)16-14(18)11-5-7-15-8-6-11/h1-8,17H,9-10H2,(H,16,18). The Hall–Kier alpha value is -2.40. The van der Waals surface area contributed by atoms with E-state index in [1.165, 1.54) is 0 Å². The molecule has 0 saturated heterocycles. The van der Waals surface area contributed by atoms with Crippen LogP contribution in [0, 0.1) is 0 Å². The van der Waals surface area contributed by atoms with Gasteiger partial charge in [-0.05, 0) is 36.4 Å². The fraction of sp³-hybridized carbons (Fsp3) is 0.143. The highest BCUT2D eigenvalue weighted by Crippen LogP contribution is 2.16. The van der Waals surface area contributed by atoms with E-state index < -0.39 is 0 Å². The second-order valence-electron chi connectivity index (χ2n) is 3.79. The Morgan fingerprint density at radius 3 is 2.47 bits per heavy atom. The van der Waals surface area contributed by atoms with Crippen molar-refractivity contribution in [2.24, 2.45) is 0 Å². The summed E-state index contributed by atoms with van der Waals surface area (Å²) in [5, 5.41) is 11.4. The molecule has 2 aromatic rings. The Labute approximate surface area is 110 Å². The summed E-state index contributed by atoms with van der Waals surface area (Å²) in [5.41, 5.74) is 1.23. The van der Waals surface area contributed by atoms with Crippen LogP contribution in [0.4, 0.5) is 5.69 Å². The van der Waals surface area contributed by atoms with E-state index in [1.807, 2.05) is 0 Å². The third-order valence-corrected chi connectivity index (χ3v) is 2.41. The average molecular weight is 258 g/mol. The molecule has 0 aliphatic heterocycles. The minimum Gasteiger partial charge on any atom is -0.491 e. The van der Waals surface area contributed by atoms with Crippen LogP contribution in [0.5, 0.6) is 5.75 Å². The first-order valence-electron chi connectivity index (χ1n) is 5.84. The molecule has 2 N–H and O–H groups in total. The van der Waals surface area contributed by atoms with Gasteiger partial charge in [0.2, 0.25) is 0 Å². The number of carbonyl (C=O) groups is 1. The van der Waals surface area contributed by atoms with Crippen LogP contribution in [0.15, 0.2) is 48.8 Å². The van der Waals surface area contributed by atoms with Gasteiger partial charge in [0.1, 0.15) is 12.4 Å². The van der Waals surface area contributed by atoms with Crippen LogP contribution >= 0.6 is 0 Å². The van der Waals surface area contributed by atoms with Crippen LogP contribution in [-0.2, 0) is 0 Å². The highest BCUT2D eigenvalue weighted by Gasteiger charge is 2.05. The molecule has 0 aliphatic carbocycles. The fourth-order valence-corrected chi connectivity index (χ4v) is 1.50. The fourth-order valence-electron chi connectivity index (χ4n) is 1.50. The number of ether oxygens (including phenoxy) is 1. The molecule has 1 aromatic heterocycles. The van der Waals surface area contributed by atoms with E-state index in [0.717, 1.165) is 0 Å². The molecule has 1 amide bonds. The van der Waals surface area contributed by atoms with Crippen LogP contribution < -0.4 is 10.1 Å². The summed E-state index contributed by atoms with van der Waals surface area (Å²) in [6, 6.07) is 10.2. The van der Waals surface area contributed by atoms with Crippen molar-refractivity contribution in [1.29, 1.82) is 0 Å². The topological polar surface area (TPSA) is 71.5 Å². The molecule has 2 rings (SSSR count). The van der Waals surface area contributed by atoms with Crippen molar-refractivity contribution in [3.8, 4) is 5.75 Å². The number of pyridine rings is 1. The minimum atomic E-state index is -0.188. The van der Waals surface area contributed by atoms with Crippen LogP contribution in [0.2, 0.25) is 0 Å².